The molecule has 0 saturated heterocycles. The summed E-state index contributed by atoms with van der Waals surface area (Å²) in [5, 5.41) is 2.69. The molecule has 2 aromatic carbocycles. The first-order valence-corrected chi connectivity index (χ1v) is 7.25. The fourth-order valence-corrected chi connectivity index (χ4v) is 1.86. The van der Waals surface area contributed by atoms with E-state index in [0.29, 0.717) is 11.4 Å². The predicted octanol–water partition coefficient (Wildman–Crippen LogP) is 2.86. The Balaban J connectivity index is 1.72. The van der Waals surface area contributed by atoms with E-state index in [-0.39, 0.29) is 19.1 Å². The Kier molecular flexibility index (Phi) is 5.74. The van der Waals surface area contributed by atoms with Crippen LogP contribution < -0.4 is 10.1 Å². The van der Waals surface area contributed by atoms with Gasteiger partial charge < -0.3 is 14.8 Å². The molecule has 5 heteroatoms. The van der Waals surface area contributed by atoms with Crippen LogP contribution in [0.1, 0.15) is 11.1 Å². The van der Waals surface area contributed by atoms with E-state index in [2.05, 4.69) is 5.32 Å². The van der Waals surface area contributed by atoms with E-state index in [1.165, 1.54) is 0 Å². The molecule has 0 spiro atoms. The summed E-state index contributed by atoms with van der Waals surface area (Å²) in [6.07, 6.45) is 0. The van der Waals surface area contributed by atoms with Crippen molar-refractivity contribution in [3.05, 3.63) is 59.7 Å². The summed E-state index contributed by atoms with van der Waals surface area (Å²) >= 11 is 0. The van der Waals surface area contributed by atoms with E-state index in [9.17, 15) is 9.59 Å². The van der Waals surface area contributed by atoms with Gasteiger partial charge in [0.05, 0.1) is 0 Å². The molecule has 0 radical (unpaired) electrons. The lowest BCUT2D eigenvalue weighted by Crippen LogP contribution is -2.23. The van der Waals surface area contributed by atoms with Crippen molar-refractivity contribution in [2.45, 2.75) is 13.8 Å². The predicted molar refractivity (Wildman–Crippen MR) is 87.4 cm³/mol. The smallest absolute Gasteiger partial charge is 0.344 e. The molecule has 0 unspecified atom stereocenters. The van der Waals surface area contributed by atoms with Gasteiger partial charge in [-0.2, -0.15) is 0 Å². The highest BCUT2D eigenvalue weighted by atomic mass is 16.6. The normalized spacial score (nSPS) is 10.0. The maximum absolute atomic E-state index is 11.8. The summed E-state index contributed by atoms with van der Waals surface area (Å²) in [7, 11) is 0. The van der Waals surface area contributed by atoms with Crippen LogP contribution in [0.2, 0.25) is 0 Å². The second-order valence-corrected chi connectivity index (χ2v) is 5.13. The third kappa shape index (κ3) is 5.47. The number of hydrogen-bond acceptors (Lipinski definition) is 4. The van der Waals surface area contributed by atoms with Crippen molar-refractivity contribution in [1.29, 1.82) is 0 Å². The number of para-hydroxylation sites is 1. The number of rotatable bonds is 6. The summed E-state index contributed by atoms with van der Waals surface area (Å²) in [6.45, 7) is 3.27. The van der Waals surface area contributed by atoms with Crippen LogP contribution in [0.4, 0.5) is 5.69 Å². The molecule has 0 atom stereocenters. The average molecular weight is 313 g/mol. The van der Waals surface area contributed by atoms with Crippen molar-refractivity contribution in [3.8, 4) is 5.75 Å². The van der Waals surface area contributed by atoms with Crippen molar-refractivity contribution in [2.24, 2.45) is 0 Å². The summed E-state index contributed by atoms with van der Waals surface area (Å²) in [5.41, 5.74) is 2.74. The van der Waals surface area contributed by atoms with Gasteiger partial charge in [-0.15, -0.1) is 0 Å². The summed E-state index contributed by atoms with van der Waals surface area (Å²) < 4.78 is 10.2. The lowest BCUT2D eigenvalue weighted by molar-refractivity contribution is -0.149. The number of amides is 1. The molecule has 2 rings (SSSR count). The number of nitrogens with one attached hydrogen (secondary N) is 1. The Bertz CT molecular complexity index is 680. The molecule has 0 fully saturated rings. The van der Waals surface area contributed by atoms with Gasteiger partial charge in [0.25, 0.3) is 5.91 Å². The fraction of sp³-hybridized carbons (Fsp3) is 0.222. The maximum Gasteiger partial charge on any atom is 0.344 e. The van der Waals surface area contributed by atoms with Gasteiger partial charge in [0.2, 0.25) is 0 Å². The number of aryl methyl sites for hydroxylation is 2. The van der Waals surface area contributed by atoms with Crippen LogP contribution in [0, 0.1) is 13.8 Å². The van der Waals surface area contributed by atoms with Gasteiger partial charge in [-0.1, -0.05) is 35.9 Å². The average Bonchev–Trinajstić information content (AvgIpc) is 2.54. The molecule has 0 saturated carbocycles. The molecule has 1 amide bonds. The third-order valence-electron chi connectivity index (χ3n) is 3.16. The van der Waals surface area contributed by atoms with Crippen LogP contribution in [0.3, 0.4) is 0 Å². The lowest BCUT2D eigenvalue weighted by atomic mass is 10.2. The number of hydrogen-bond donors (Lipinski definition) is 1. The number of anilines is 1. The van der Waals surface area contributed by atoms with Gasteiger partial charge in [-0.05, 0) is 37.6 Å². The van der Waals surface area contributed by atoms with E-state index >= 15 is 0 Å². The Labute approximate surface area is 135 Å². The third-order valence-corrected chi connectivity index (χ3v) is 3.16. The molecule has 0 aliphatic rings. The van der Waals surface area contributed by atoms with Crippen LogP contribution in [0.15, 0.2) is 48.5 Å². The van der Waals surface area contributed by atoms with Crippen LogP contribution in [0.5, 0.6) is 5.75 Å². The number of benzene rings is 2. The monoisotopic (exact) mass is 313 g/mol. The van der Waals surface area contributed by atoms with Gasteiger partial charge in [-0.3, -0.25) is 4.79 Å². The summed E-state index contributed by atoms with van der Waals surface area (Å²) in [6, 6.07) is 14.7. The molecule has 0 aliphatic heterocycles. The molecule has 2 aromatic rings. The minimum Gasteiger partial charge on any atom is -0.482 e. The van der Waals surface area contributed by atoms with Gasteiger partial charge in [0.1, 0.15) is 5.75 Å². The first-order valence-electron chi connectivity index (χ1n) is 7.25. The molecule has 0 aromatic heterocycles. The van der Waals surface area contributed by atoms with Crippen molar-refractivity contribution in [1.82, 2.24) is 0 Å². The minimum atomic E-state index is -0.592. The zero-order valence-corrected chi connectivity index (χ0v) is 13.2. The zero-order valence-electron chi connectivity index (χ0n) is 13.2. The molecule has 120 valence electrons. The second kappa shape index (κ2) is 7.98. The Morgan fingerprint density at radius 1 is 0.957 bits per heavy atom. The van der Waals surface area contributed by atoms with Gasteiger partial charge in [0.15, 0.2) is 13.2 Å². The van der Waals surface area contributed by atoms with Crippen LogP contribution in [0.25, 0.3) is 0 Å². The van der Waals surface area contributed by atoms with Crippen molar-refractivity contribution in [3.63, 3.8) is 0 Å². The maximum atomic E-state index is 11.8. The topological polar surface area (TPSA) is 64.6 Å². The van der Waals surface area contributed by atoms with Crippen molar-refractivity contribution < 1.29 is 19.1 Å². The summed E-state index contributed by atoms with van der Waals surface area (Å²) in [5.74, 6) is -0.398. The Morgan fingerprint density at radius 2 is 1.65 bits per heavy atom. The molecule has 0 heterocycles. The van der Waals surface area contributed by atoms with Gasteiger partial charge in [-0.25, -0.2) is 4.79 Å². The minimum absolute atomic E-state index is 0.235. The molecule has 0 aliphatic carbocycles. The molecule has 5 nitrogen and oxygen atoms in total. The van der Waals surface area contributed by atoms with E-state index in [1.54, 1.807) is 18.2 Å². The molecule has 23 heavy (non-hydrogen) atoms. The molecule has 0 bridgehead atoms. The van der Waals surface area contributed by atoms with E-state index in [4.69, 9.17) is 9.47 Å². The molecular formula is C18H19NO4. The SMILES string of the molecule is Cc1ccc(OCC(=O)OCC(=O)Nc2ccccc2C)cc1. The van der Waals surface area contributed by atoms with Crippen molar-refractivity contribution >= 4 is 17.6 Å². The highest BCUT2D eigenvalue weighted by Crippen LogP contribution is 2.13. The first-order chi connectivity index (χ1) is 11.0. The van der Waals surface area contributed by atoms with Crippen LogP contribution in [-0.4, -0.2) is 25.1 Å². The highest BCUT2D eigenvalue weighted by Gasteiger charge is 2.09. The molecule has 1 N–H and O–H groups in total. The quantitative estimate of drug-likeness (QED) is 0.833. The van der Waals surface area contributed by atoms with Gasteiger partial charge >= 0.3 is 5.97 Å². The largest absolute Gasteiger partial charge is 0.482 e. The summed E-state index contributed by atoms with van der Waals surface area (Å²) in [4.78, 5) is 23.3. The Hall–Kier alpha value is -2.82. The second-order valence-electron chi connectivity index (χ2n) is 5.13. The number of ether oxygens (including phenoxy) is 2. The highest BCUT2D eigenvalue weighted by molar-refractivity contribution is 5.93. The number of carbonyl (C=O) groups excluding carboxylic acids is 2. The fourth-order valence-electron chi connectivity index (χ4n) is 1.86. The number of carbonyl (C=O) groups is 2. The van der Waals surface area contributed by atoms with E-state index < -0.39 is 5.97 Å². The zero-order chi connectivity index (χ0) is 16.7. The Morgan fingerprint density at radius 3 is 2.35 bits per heavy atom. The van der Waals surface area contributed by atoms with Gasteiger partial charge in [0, 0.05) is 5.69 Å². The number of esters is 1. The van der Waals surface area contributed by atoms with Crippen LogP contribution in [-0.2, 0) is 14.3 Å². The first kappa shape index (κ1) is 16.5. The van der Waals surface area contributed by atoms with E-state index in [1.807, 2.05) is 44.2 Å². The van der Waals surface area contributed by atoms with Crippen molar-refractivity contribution in [2.75, 3.05) is 18.5 Å². The molecular weight excluding hydrogens is 294 g/mol. The lowest BCUT2D eigenvalue weighted by Gasteiger charge is -2.09. The van der Waals surface area contributed by atoms with E-state index in [0.717, 1.165) is 11.1 Å². The standard InChI is InChI=1S/C18H19NO4/c1-13-7-9-15(10-8-13)22-12-18(21)23-11-17(20)19-16-6-4-3-5-14(16)2/h3-10H,11-12H2,1-2H3,(H,19,20). The van der Waals surface area contributed by atoms with Crippen LogP contribution >= 0.6 is 0 Å².